The van der Waals surface area contributed by atoms with E-state index in [2.05, 4.69) is 48.1 Å². The molecule has 1 atom stereocenters. The third-order valence-corrected chi connectivity index (χ3v) is 6.69. The predicted molar refractivity (Wildman–Crippen MR) is 136 cm³/mol. The summed E-state index contributed by atoms with van der Waals surface area (Å²) in [6.45, 7) is 2.74. The smallest absolute Gasteiger partial charge is 0.255 e. The number of unbranched alkanes of at least 4 members (excludes halogenated alkanes) is 1. The van der Waals surface area contributed by atoms with Gasteiger partial charge in [-0.25, -0.2) is 0 Å². The molecule has 0 spiro atoms. The fraction of sp³-hybridized carbons (Fsp3) is 0.241. The molecule has 0 fully saturated rings. The van der Waals surface area contributed by atoms with Crippen molar-refractivity contribution >= 4 is 22.7 Å². The Hall–Kier alpha value is -3.86. The molecular formula is C29H29N3O2. The van der Waals surface area contributed by atoms with Gasteiger partial charge in [0.05, 0.1) is 11.7 Å². The number of rotatable bonds is 7. The molecule has 1 N–H and O–H groups in total. The van der Waals surface area contributed by atoms with E-state index in [1.807, 2.05) is 54.6 Å². The topological polar surface area (TPSA) is 54.3 Å². The van der Waals surface area contributed by atoms with Crippen LogP contribution in [0.25, 0.3) is 22.2 Å². The van der Waals surface area contributed by atoms with Crippen molar-refractivity contribution in [2.75, 3.05) is 13.1 Å². The van der Waals surface area contributed by atoms with Crippen molar-refractivity contribution in [3.8, 4) is 11.3 Å². The van der Waals surface area contributed by atoms with E-state index >= 15 is 0 Å². The van der Waals surface area contributed by atoms with Gasteiger partial charge in [0.2, 0.25) is 5.91 Å². The van der Waals surface area contributed by atoms with Crippen LogP contribution in [0, 0.1) is 0 Å². The molecule has 1 unspecified atom stereocenters. The maximum absolute atomic E-state index is 13.6. The van der Waals surface area contributed by atoms with Gasteiger partial charge in [-0.2, -0.15) is 0 Å². The summed E-state index contributed by atoms with van der Waals surface area (Å²) in [5.74, 6) is -0.223. The standard InChI is InChI=1S/C29H29N3O2/c1-3-4-18-30-25(33)19-32-28(21-14-8-9-15-22(21)29(32)34)26-23-16-10-11-17-24(23)31(2)27(26)20-12-6-5-7-13-20/h5-17,28H,3-4,18-19H2,1-2H3,(H,30,33). The van der Waals surface area contributed by atoms with Crippen LogP contribution in [0.1, 0.15) is 47.3 Å². The Morgan fingerprint density at radius 3 is 2.44 bits per heavy atom. The van der Waals surface area contributed by atoms with Crippen LogP contribution in [-0.2, 0) is 11.8 Å². The highest BCUT2D eigenvalue weighted by Crippen LogP contribution is 2.46. The molecule has 5 heteroatoms. The van der Waals surface area contributed by atoms with Gasteiger partial charge < -0.3 is 14.8 Å². The number of para-hydroxylation sites is 1. The molecule has 2 amide bonds. The third-order valence-electron chi connectivity index (χ3n) is 6.69. The highest BCUT2D eigenvalue weighted by Gasteiger charge is 2.41. The van der Waals surface area contributed by atoms with E-state index in [-0.39, 0.29) is 24.4 Å². The average molecular weight is 452 g/mol. The number of nitrogens with one attached hydrogen (secondary N) is 1. The quantitative estimate of drug-likeness (QED) is 0.387. The van der Waals surface area contributed by atoms with Crippen molar-refractivity contribution in [3.05, 3.63) is 95.6 Å². The van der Waals surface area contributed by atoms with Crippen LogP contribution in [0.15, 0.2) is 78.9 Å². The first-order valence-corrected chi connectivity index (χ1v) is 11.9. The van der Waals surface area contributed by atoms with Crippen LogP contribution < -0.4 is 5.32 Å². The number of hydrogen-bond acceptors (Lipinski definition) is 2. The molecule has 0 radical (unpaired) electrons. The molecule has 1 aromatic heterocycles. The minimum atomic E-state index is -0.345. The van der Waals surface area contributed by atoms with Crippen molar-refractivity contribution in [1.82, 2.24) is 14.8 Å². The van der Waals surface area contributed by atoms with Crippen LogP contribution in [0.3, 0.4) is 0 Å². The summed E-state index contributed by atoms with van der Waals surface area (Å²) in [6, 6.07) is 26.0. The zero-order chi connectivity index (χ0) is 23.7. The second-order valence-electron chi connectivity index (χ2n) is 8.83. The molecule has 2 heterocycles. The maximum atomic E-state index is 13.6. The highest BCUT2D eigenvalue weighted by atomic mass is 16.2. The molecule has 0 saturated heterocycles. The lowest BCUT2D eigenvalue weighted by molar-refractivity contribution is -0.122. The van der Waals surface area contributed by atoms with Gasteiger partial charge in [0.1, 0.15) is 6.54 Å². The second kappa shape index (κ2) is 9.18. The summed E-state index contributed by atoms with van der Waals surface area (Å²) in [5, 5.41) is 4.07. The summed E-state index contributed by atoms with van der Waals surface area (Å²) in [6.07, 6.45) is 1.93. The normalized spacial score (nSPS) is 15.1. The number of carbonyl (C=O) groups excluding carboxylic acids is 2. The Morgan fingerprint density at radius 1 is 0.941 bits per heavy atom. The Balaban J connectivity index is 1.70. The SMILES string of the molecule is CCCCNC(=O)CN1C(=O)c2ccccc2C1c1c(-c2ccccc2)n(C)c2ccccc12. The number of carbonyl (C=O) groups is 2. The van der Waals surface area contributed by atoms with Gasteiger partial charge in [-0.1, -0.05) is 80.1 Å². The molecule has 5 rings (SSSR count). The Kier molecular flexibility index (Phi) is 5.93. The van der Waals surface area contributed by atoms with Crippen LogP contribution in [0.4, 0.5) is 0 Å². The Morgan fingerprint density at radius 2 is 1.65 bits per heavy atom. The minimum Gasteiger partial charge on any atom is -0.355 e. The van der Waals surface area contributed by atoms with Crippen molar-refractivity contribution in [2.45, 2.75) is 25.8 Å². The molecule has 34 heavy (non-hydrogen) atoms. The molecule has 172 valence electrons. The molecule has 5 nitrogen and oxygen atoms in total. The largest absolute Gasteiger partial charge is 0.355 e. The number of fused-ring (bicyclic) bond motifs is 2. The number of hydrogen-bond donors (Lipinski definition) is 1. The lowest BCUT2D eigenvalue weighted by Crippen LogP contribution is -2.40. The van der Waals surface area contributed by atoms with E-state index in [0.717, 1.165) is 46.1 Å². The monoisotopic (exact) mass is 451 g/mol. The number of aromatic nitrogens is 1. The van der Waals surface area contributed by atoms with E-state index < -0.39 is 0 Å². The van der Waals surface area contributed by atoms with Crippen LogP contribution in [0.2, 0.25) is 0 Å². The van der Waals surface area contributed by atoms with Gasteiger partial charge in [0, 0.05) is 35.6 Å². The second-order valence-corrected chi connectivity index (χ2v) is 8.83. The number of nitrogens with zero attached hydrogens (tertiary/aromatic N) is 2. The first kappa shape index (κ1) is 22.0. The van der Waals surface area contributed by atoms with E-state index in [0.29, 0.717) is 12.1 Å². The lowest BCUT2D eigenvalue weighted by Gasteiger charge is -2.26. The fourth-order valence-corrected chi connectivity index (χ4v) is 5.10. The number of amides is 2. The maximum Gasteiger partial charge on any atom is 0.255 e. The first-order valence-electron chi connectivity index (χ1n) is 11.9. The summed E-state index contributed by atoms with van der Waals surface area (Å²) in [5.41, 5.74) is 5.92. The van der Waals surface area contributed by atoms with Gasteiger partial charge in [-0.15, -0.1) is 0 Å². The van der Waals surface area contributed by atoms with Crippen molar-refractivity contribution in [3.63, 3.8) is 0 Å². The minimum absolute atomic E-state index is 0.0271. The Labute approximate surface area is 200 Å². The van der Waals surface area contributed by atoms with Crippen LogP contribution in [-0.4, -0.2) is 34.4 Å². The lowest BCUT2D eigenvalue weighted by atomic mass is 9.93. The summed E-state index contributed by atoms with van der Waals surface area (Å²) >= 11 is 0. The average Bonchev–Trinajstić information content (AvgIpc) is 3.31. The molecule has 0 bridgehead atoms. The number of benzene rings is 3. The molecule has 1 aliphatic rings. The third kappa shape index (κ3) is 3.67. The van der Waals surface area contributed by atoms with Gasteiger partial charge in [-0.05, 0) is 29.7 Å². The summed E-state index contributed by atoms with van der Waals surface area (Å²) in [4.78, 5) is 28.2. The van der Waals surface area contributed by atoms with E-state index in [1.165, 1.54) is 0 Å². The zero-order valence-electron chi connectivity index (χ0n) is 19.6. The Bertz CT molecular complexity index is 1360. The van der Waals surface area contributed by atoms with E-state index in [4.69, 9.17) is 0 Å². The first-order chi connectivity index (χ1) is 16.6. The van der Waals surface area contributed by atoms with Crippen LogP contribution in [0.5, 0.6) is 0 Å². The summed E-state index contributed by atoms with van der Waals surface area (Å²) in [7, 11) is 2.07. The van der Waals surface area contributed by atoms with Crippen LogP contribution >= 0.6 is 0 Å². The van der Waals surface area contributed by atoms with Gasteiger partial charge >= 0.3 is 0 Å². The van der Waals surface area contributed by atoms with Crippen molar-refractivity contribution in [2.24, 2.45) is 7.05 Å². The fourth-order valence-electron chi connectivity index (χ4n) is 5.10. The van der Waals surface area contributed by atoms with Gasteiger partial charge in [0.25, 0.3) is 5.91 Å². The molecule has 4 aromatic rings. The van der Waals surface area contributed by atoms with Crippen molar-refractivity contribution < 1.29 is 9.59 Å². The van der Waals surface area contributed by atoms with Crippen molar-refractivity contribution in [1.29, 1.82) is 0 Å². The zero-order valence-corrected chi connectivity index (χ0v) is 19.6. The molecular weight excluding hydrogens is 422 g/mol. The highest BCUT2D eigenvalue weighted by molar-refractivity contribution is 6.03. The number of aryl methyl sites for hydroxylation is 1. The van der Waals surface area contributed by atoms with E-state index in [9.17, 15) is 9.59 Å². The van der Waals surface area contributed by atoms with E-state index in [1.54, 1.807) is 4.90 Å². The predicted octanol–water partition coefficient (Wildman–Crippen LogP) is 5.31. The molecule has 0 saturated carbocycles. The van der Waals surface area contributed by atoms with Gasteiger partial charge in [-0.3, -0.25) is 9.59 Å². The molecule has 3 aromatic carbocycles. The van der Waals surface area contributed by atoms with Gasteiger partial charge in [0.15, 0.2) is 0 Å². The molecule has 1 aliphatic heterocycles. The summed E-state index contributed by atoms with van der Waals surface area (Å²) < 4.78 is 2.20. The molecule has 0 aliphatic carbocycles.